The zero-order valence-electron chi connectivity index (χ0n) is 17.0. The smallest absolute Gasteiger partial charge is 0.137 e. The quantitative estimate of drug-likeness (QED) is 0.692. The van der Waals surface area contributed by atoms with Crippen molar-refractivity contribution in [3.8, 4) is 0 Å². The minimum absolute atomic E-state index is 0.117. The second-order valence-electron chi connectivity index (χ2n) is 8.35. The van der Waals surface area contributed by atoms with Crippen molar-refractivity contribution in [2.45, 2.75) is 59.1 Å². The third-order valence-corrected chi connectivity index (χ3v) is 5.89. The number of ether oxygens (including phenoxy) is 1. The van der Waals surface area contributed by atoms with E-state index in [0.717, 1.165) is 25.2 Å². The molecule has 1 aliphatic rings. The molecule has 26 heavy (non-hydrogen) atoms. The van der Waals surface area contributed by atoms with Crippen LogP contribution in [-0.4, -0.2) is 31.1 Å². The lowest BCUT2D eigenvalue weighted by atomic mass is 9.87. The molecule has 140 valence electrons. The summed E-state index contributed by atoms with van der Waals surface area (Å²) in [6.45, 7) is 12.1. The first-order valence-corrected chi connectivity index (χ1v) is 9.75. The monoisotopic (exact) mass is 352 g/mol. The summed E-state index contributed by atoms with van der Waals surface area (Å²) in [5.74, 6) is 1.08. The van der Waals surface area contributed by atoms with Crippen molar-refractivity contribution >= 4 is 22.3 Å². The molecule has 0 N–H and O–H groups in total. The van der Waals surface area contributed by atoms with Crippen molar-refractivity contribution < 1.29 is 4.74 Å². The molecule has 1 aliphatic heterocycles. The van der Waals surface area contributed by atoms with Gasteiger partial charge in [0.15, 0.2) is 0 Å². The number of hydrogen-bond acceptors (Lipinski definition) is 3. The van der Waals surface area contributed by atoms with Crippen LogP contribution in [0.25, 0.3) is 10.8 Å². The van der Waals surface area contributed by atoms with Gasteiger partial charge in [-0.2, -0.15) is 0 Å². The number of hydrogen-bond donors (Lipinski definition) is 0. The number of benzene rings is 2. The highest BCUT2D eigenvalue weighted by atomic mass is 16.5. The first-order chi connectivity index (χ1) is 12.4. The Morgan fingerprint density at radius 2 is 1.69 bits per heavy atom. The molecule has 0 fully saturated rings. The van der Waals surface area contributed by atoms with Gasteiger partial charge in [0.2, 0.25) is 0 Å². The van der Waals surface area contributed by atoms with Crippen LogP contribution in [0.2, 0.25) is 0 Å². The average Bonchev–Trinajstić information content (AvgIpc) is 3.09. The third kappa shape index (κ3) is 3.14. The highest BCUT2D eigenvalue weighted by Gasteiger charge is 2.44. The van der Waals surface area contributed by atoms with Gasteiger partial charge in [0.1, 0.15) is 11.4 Å². The highest BCUT2D eigenvalue weighted by molar-refractivity contribution is 6.10. The van der Waals surface area contributed by atoms with Gasteiger partial charge in [-0.25, -0.2) is 0 Å². The van der Waals surface area contributed by atoms with Crippen LogP contribution in [0.4, 0.5) is 5.69 Å². The Morgan fingerprint density at radius 3 is 2.31 bits per heavy atom. The Balaban J connectivity index is 2.16. The summed E-state index contributed by atoms with van der Waals surface area (Å²) in [5.41, 5.74) is 1.01. The van der Waals surface area contributed by atoms with Gasteiger partial charge in [-0.05, 0) is 29.7 Å². The Labute approximate surface area is 158 Å². The van der Waals surface area contributed by atoms with Crippen molar-refractivity contribution in [2.24, 2.45) is 10.4 Å². The predicted molar refractivity (Wildman–Crippen MR) is 112 cm³/mol. The Morgan fingerprint density at radius 1 is 1.04 bits per heavy atom. The van der Waals surface area contributed by atoms with Gasteiger partial charge < -0.3 is 9.64 Å². The van der Waals surface area contributed by atoms with E-state index in [0.29, 0.717) is 0 Å². The van der Waals surface area contributed by atoms with Gasteiger partial charge in [0.05, 0.1) is 11.7 Å². The summed E-state index contributed by atoms with van der Waals surface area (Å²) < 4.78 is 6.07. The van der Waals surface area contributed by atoms with Gasteiger partial charge in [-0.1, -0.05) is 71.0 Å². The van der Waals surface area contributed by atoms with E-state index in [1.807, 2.05) is 7.11 Å². The Bertz CT molecular complexity index is 786. The number of amidine groups is 1. The third-order valence-electron chi connectivity index (χ3n) is 5.89. The van der Waals surface area contributed by atoms with Gasteiger partial charge in [0.25, 0.3) is 0 Å². The number of methoxy groups -OCH3 is 1. The summed E-state index contributed by atoms with van der Waals surface area (Å²) in [7, 11) is 1.82. The van der Waals surface area contributed by atoms with Crippen LogP contribution in [0.5, 0.6) is 0 Å². The highest BCUT2D eigenvalue weighted by Crippen LogP contribution is 2.38. The molecule has 3 nitrogen and oxygen atoms in total. The number of rotatable bonds is 5. The molecule has 0 saturated heterocycles. The molecule has 0 bridgehead atoms. The minimum Gasteiger partial charge on any atom is -0.370 e. The van der Waals surface area contributed by atoms with Gasteiger partial charge >= 0.3 is 0 Å². The summed E-state index contributed by atoms with van der Waals surface area (Å²) in [6.07, 6.45) is 1.83. The van der Waals surface area contributed by atoms with Gasteiger partial charge in [0, 0.05) is 19.0 Å². The van der Waals surface area contributed by atoms with E-state index in [4.69, 9.17) is 9.73 Å². The zero-order valence-corrected chi connectivity index (χ0v) is 17.0. The van der Waals surface area contributed by atoms with E-state index < -0.39 is 0 Å². The molecule has 0 radical (unpaired) electrons. The maximum atomic E-state index is 6.07. The van der Waals surface area contributed by atoms with E-state index in [-0.39, 0.29) is 17.1 Å². The maximum absolute atomic E-state index is 6.07. The topological polar surface area (TPSA) is 24.8 Å². The van der Waals surface area contributed by atoms with Crippen LogP contribution in [0.15, 0.2) is 47.5 Å². The second-order valence-corrected chi connectivity index (χ2v) is 8.35. The Hall–Kier alpha value is -1.87. The molecule has 0 saturated carbocycles. The van der Waals surface area contributed by atoms with E-state index in [1.54, 1.807) is 0 Å². The molecule has 1 heterocycles. The first-order valence-electron chi connectivity index (χ1n) is 9.75. The second kappa shape index (κ2) is 7.03. The normalized spacial score (nSPS) is 18.5. The molecule has 1 unspecified atom stereocenters. The van der Waals surface area contributed by atoms with Gasteiger partial charge in [-0.3, -0.25) is 4.99 Å². The molecule has 0 spiro atoms. The fraction of sp³-hybridized carbons (Fsp3) is 0.522. The molecule has 3 rings (SSSR count). The van der Waals surface area contributed by atoms with Crippen LogP contribution in [-0.2, 0) is 4.74 Å². The Kier molecular flexibility index (Phi) is 5.12. The van der Waals surface area contributed by atoms with Crippen LogP contribution < -0.4 is 4.90 Å². The van der Waals surface area contributed by atoms with Crippen molar-refractivity contribution in [1.82, 2.24) is 0 Å². The molecular weight excluding hydrogens is 320 g/mol. The lowest BCUT2D eigenvalue weighted by molar-refractivity contribution is 0.0425. The molecule has 0 aromatic heterocycles. The zero-order chi connectivity index (χ0) is 18.9. The average molecular weight is 353 g/mol. The van der Waals surface area contributed by atoms with Gasteiger partial charge in [-0.15, -0.1) is 0 Å². The summed E-state index contributed by atoms with van der Waals surface area (Å²) in [5, 5.41) is 2.54. The lowest BCUT2D eigenvalue weighted by Gasteiger charge is -2.36. The maximum Gasteiger partial charge on any atom is 0.137 e. The standard InChI is InChI=1S/C23H32N2O/c1-7-23(8-2,26-6)21-24-20(22(3,4)5)16-25(21)19-15-11-13-17-12-9-10-14-18(17)19/h9-15,20H,7-8,16H2,1-6H3. The van der Waals surface area contributed by atoms with Crippen molar-refractivity contribution in [3.63, 3.8) is 0 Å². The fourth-order valence-electron chi connectivity index (χ4n) is 3.95. The molecule has 0 aliphatic carbocycles. The van der Waals surface area contributed by atoms with E-state index in [9.17, 15) is 0 Å². The summed E-state index contributed by atoms with van der Waals surface area (Å²) >= 11 is 0. The molecule has 2 aromatic rings. The van der Waals surface area contributed by atoms with E-state index in [1.165, 1.54) is 16.5 Å². The summed E-state index contributed by atoms with van der Waals surface area (Å²) in [6, 6.07) is 15.4. The number of aliphatic imine (C=N–C) groups is 1. The SMILES string of the molecule is CCC(CC)(OC)C1=NC(C(C)(C)C)CN1c1cccc2ccccc12. The van der Waals surface area contributed by atoms with Crippen LogP contribution in [0.1, 0.15) is 47.5 Å². The molecular formula is C23H32N2O. The fourth-order valence-corrected chi connectivity index (χ4v) is 3.95. The predicted octanol–water partition coefficient (Wildman–Crippen LogP) is 5.68. The summed E-state index contributed by atoms with van der Waals surface area (Å²) in [4.78, 5) is 7.64. The molecule has 3 heteroatoms. The number of nitrogens with zero attached hydrogens (tertiary/aromatic N) is 2. The minimum atomic E-state index is -0.336. The largest absolute Gasteiger partial charge is 0.370 e. The van der Waals surface area contributed by atoms with Crippen molar-refractivity contribution in [2.75, 3.05) is 18.6 Å². The van der Waals surface area contributed by atoms with E-state index in [2.05, 4.69) is 82.0 Å². The molecule has 0 amide bonds. The lowest BCUT2D eigenvalue weighted by Crippen LogP contribution is -2.48. The first kappa shape index (κ1) is 18.9. The van der Waals surface area contributed by atoms with Crippen LogP contribution >= 0.6 is 0 Å². The number of anilines is 1. The van der Waals surface area contributed by atoms with Crippen molar-refractivity contribution in [3.05, 3.63) is 42.5 Å². The van der Waals surface area contributed by atoms with E-state index >= 15 is 0 Å². The molecule has 2 aromatic carbocycles. The molecule has 1 atom stereocenters. The number of fused-ring (bicyclic) bond motifs is 1. The van der Waals surface area contributed by atoms with Crippen LogP contribution in [0, 0.1) is 5.41 Å². The van der Waals surface area contributed by atoms with Crippen LogP contribution in [0.3, 0.4) is 0 Å². The van der Waals surface area contributed by atoms with Crippen molar-refractivity contribution in [1.29, 1.82) is 0 Å².